The van der Waals surface area contributed by atoms with E-state index in [0.29, 0.717) is 30.5 Å². The second-order valence-corrected chi connectivity index (χ2v) is 7.93. The Hall–Kier alpha value is -2.14. The van der Waals surface area contributed by atoms with E-state index in [1.807, 2.05) is 0 Å². The summed E-state index contributed by atoms with van der Waals surface area (Å²) < 4.78 is 11.9. The number of hydrogen-bond acceptors (Lipinski definition) is 6. The molecule has 0 aliphatic heterocycles. The molecular weight excluding hydrogens is 567 g/mol. The van der Waals surface area contributed by atoms with E-state index in [1.165, 1.54) is 12.4 Å². The lowest BCUT2D eigenvalue weighted by Gasteiger charge is -2.07. The number of rotatable bonds is 9. The standard InChI is InChI=1S/C18H14Br2Cl2N4O4/c19-13-7-11(21)1-3-15(13)29-9-17(27)25-23-5-6-24-26-18(28)10-30-16-4-2-12(22)8-14(16)20/h1-8H,9-10H2,(H,25,27)(H,26,28). The summed E-state index contributed by atoms with van der Waals surface area (Å²) in [6.45, 7) is -0.494. The van der Waals surface area contributed by atoms with Crippen molar-refractivity contribution in [2.45, 2.75) is 0 Å². The molecule has 0 atom stereocenters. The van der Waals surface area contributed by atoms with E-state index < -0.39 is 11.8 Å². The number of carbonyl (C=O) groups is 2. The first-order valence-corrected chi connectivity index (χ1v) is 10.5. The third-order valence-electron chi connectivity index (χ3n) is 3.10. The Morgan fingerprint density at radius 1 is 0.833 bits per heavy atom. The SMILES string of the molecule is O=C(COc1ccc(Cl)cc1Br)NN=CC=NNC(=O)COc1ccc(Cl)cc1Br. The molecule has 0 aliphatic rings. The molecule has 2 rings (SSSR count). The molecule has 2 amide bonds. The van der Waals surface area contributed by atoms with Crippen LogP contribution in [0.4, 0.5) is 0 Å². The predicted molar refractivity (Wildman–Crippen MR) is 123 cm³/mol. The van der Waals surface area contributed by atoms with Crippen LogP contribution in [0.25, 0.3) is 0 Å². The lowest BCUT2D eigenvalue weighted by molar-refractivity contribution is -0.123. The normalized spacial score (nSPS) is 10.9. The van der Waals surface area contributed by atoms with Crippen LogP contribution in [0.3, 0.4) is 0 Å². The molecule has 158 valence electrons. The maximum absolute atomic E-state index is 11.7. The highest BCUT2D eigenvalue weighted by atomic mass is 79.9. The van der Waals surface area contributed by atoms with Crippen LogP contribution < -0.4 is 20.3 Å². The van der Waals surface area contributed by atoms with Crippen molar-refractivity contribution in [2.24, 2.45) is 10.2 Å². The maximum Gasteiger partial charge on any atom is 0.277 e. The molecule has 0 saturated heterocycles. The third kappa shape index (κ3) is 8.70. The molecule has 0 aromatic heterocycles. The highest BCUT2D eigenvalue weighted by Gasteiger charge is 2.06. The summed E-state index contributed by atoms with van der Waals surface area (Å²) in [7, 11) is 0. The van der Waals surface area contributed by atoms with Crippen molar-refractivity contribution >= 4 is 79.3 Å². The topological polar surface area (TPSA) is 101 Å². The Balaban J connectivity index is 1.64. The molecule has 0 radical (unpaired) electrons. The number of hydrazone groups is 2. The van der Waals surface area contributed by atoms with Gasteiger partial charge in [-0.1, -0.05) is 23.2 Å². The maximum atomic E-state index is 11.7. The quantitative estimate of drug-likeness (QED) is 0.343. The lowest BCUT2D eigenvalue weighted by atomic mass is 10.3. The van der Waals surface area contributed by atoms with Gasteiger partial charge in [0.15, 0.2) is 13.2 Å². The van der Waals surface area contributed by atoms with Gasteiger partial charge in [0.05, 0.1) is 21.4 Å². The van der Waals surface area contributed by atoms with E-state index in [9.17, 15) is 9.59 Å². The zero-order chi connectivity index (χ0) is 21.9. The van der Waals surface area contributed by atoms with Gasteiger partial charge in [-0.3, -0.25) is 9.59 Å². The first-order chi connectivity index (χ1) is 14.3. The van der Waals surface area contributed by atoms with E-state index in [0.717, 1.165) is 0 Å². The van der Waals surface area contributed by atoms with Crippen molar-refractivity contribution in [1.29, 1.82) is 0 Å². The summed E-state index contributed by atoms with van der Waals surface area (Å²) >= 11 is 18.2. The fourth-order valence-electron chi connectivity index (χ4n) is 1.82. The van der Waals surface area contributed by atoms with Gasteiger partial charge in [0.25, 0.3) is 11.8 Å². The van der Waals surface area contributed by atoms with Crippen LogP contribution in [0, 0.1) is 0 Å². The minimum Gasteiger partial charge on any atom is -0.483 e. The molecule has 0 saturated carbocycles. The summed E-state index contributed by atoms with van der Waals surface area (Å²) in [4.78, 5) is 23.3. The van der Waals surface area contributed by atoms with Crippen LogP contribution in [0.1, 0.15) is 0 Å². The number of hydrogen-bond donors (Lipinski definition) is 2. The average molecular weight is 581 g/mol. The lowest BCUT2D eigenvalue weighted by Crippen LogP contribution is -2.25. The third-order valence-corrected chi connectivity index (χ3v) is 4.81. The van der Waals surface area contributed by atoms with E-state index in [-0.39, 0.29) is 13.2 Å². The minimum atomic E-state index is -0.479. The molecule has 0 bridgehead atoms. The molecular formula is C18H14Br2Cl2N4O4. The fraction of sp³-hybridized carbons (Fsp3) is 0.111. The first kappa shape index (κ1) is 24.1. The summed E-state index contributed by atoms with van der Waals surface area (Å²) in [5.74, 6) is -0.0220. The monoisotopic (exact) mass is 578 g/mol. The van der Waals surface area contributed by atoms with Crippen molar-refractivity contribution in [1.82, 2.24) is 10.9 Å². The van der Waals surface area contributed by atoms with Crippen LogP contribution in [-0.2, 0) is 9.59 Å². The molecule has 12 heteroatoms. The van der Waals surface area contributed by atoms with E-state index >= 15 is 0 Å². The molecule has 2 aromatic rings. The van der Waals surface area contributed by atoms with Gasteiger partial charge >= 0.3 is 0 Å². The van der Waals surface area contributed by atoms with Crippen molar-refractivity contribution < 1.29 is 19.1 Å². The Labute approximate surface area is 198 Å². The summed E-state index contributed by atoms with van der Waals surface area (Å²) in [5.41, 5.74) is 4.50. The number of benzene rings is 2. The van der Waals surface area contributed by atoms with Gasteiger partial charge in [0.2, 0.25) is 0 Å². The molecule has 2 N–H and O–H groups in total. The van der Waals surface area contributed by atoms with Crippen LogP contribution in [-0.4, -0.2) is 37.5 Å². The highest BCUT2D eigenvalue weighted by Crippen LogP contribution is 2.28. The number of nitrogens with one attached hydrogen (secondary N) is 2. The highest BCUT2D eigenvalue weighted by molar-refractivity contribution is 9.10. The van der Waals surface area contributed by atoms with Gasteiger partial charge in [-0.2, -0.15) is 10.2 Å². The second-order valence-electron chi connectivity index (χ2n) is 5.35. The van der Waals surface area contributed by atoms with Gasteiger partial charge in [0.1, 0.15) is 11.5 Å². The largest absolute Gasteiger partial charge is 0.483 e. The second kappa shape index (κ2) is 12.5. The molecule has 0 unspecified atom stereocenters. The van der Waals surface area contributed by atoms with Crippen molar-refractivity contribution in [2.75, 3.05) is 13.2 Å². The average Bonchev–Trinajstić information content (AvgIpc) is 2.69. The van der Waals surface area contributed by atoms with Gasteiger partial charge in [-0.25, -0.2) is 10.9 Å². The van der Waals surface area contributed by atoms with Crippen molar-refractivity contribution in [3.63, 3.8) is 0 Å². The zero-order valence-electron chi connectivity index (χ0n) is 15.1. The Bertz CT molecular complexity index is 896. The first-order valence-electron chi connectivity index (χ1n) is 8.13. The fourth-order valence-corrected chi connectivity index (χ4v) is 3.42. The van der Waals surface area contributed by atoms with Crippen LogP contribution in [0.5, 0.6) is 11.5 Å². The number of nitrogens with zero attached hydrogens (tertiary/aromatic N) is 2. The van der Waals surface area contributed by atoms with Gasteiger partial charge in [-0.15, -0.1) is 0 Å². The van der Waals surface area contributed by atoms with Crippen LogP contribution in [0.15, 0.2) is 55.5 Å². The number of ether oxygens (including phenoxy) is 2. The van der Waals surface area contributed by atoms with Gasteiger partial charge in [0, 0.05) is 10.0 Å². The van der Waals surface area contributed by atoms with Gasteiger partial charge in [-0.05, 0) is 68.3 Å². The molecule has 0 fully saturated rings. The van der Waals surface area contributed by atoms with Gasteiger partial charge < -0.3 is 9.47 Å². The molecule has 0 spiro atoms. The Morgan fingerprint density at radius 3 is 1.60 bits per heavy atom. The van der Waals surface area contributed by atoms with Crippen LogP contribution in [0.2, 0.25) is 10.0 Å². The summed E-state index contributed by atoms with van der Waals surface area (Å²) in [5, 5.41) is 8.37. The number of halogens is 4. The number of carbonyl (C=O) groups excluding carboxylic acids is 2. The van der Waals surface area contributed by atoms with Crippen molar-refractivity contribution in [3.05, 3.63) is 55.4 Å². The zero-order valence-corrected chi connectivity index (χ0v) is 19.8. The molecule has 8 nitrogen and oxygen atoms in total. The molecule has 0 aliphatic carbocycles. The summed E-state index contributed by atoms with van der Waals surface area (Å²) in [6.07, 6.45) is 2.38. The molecule has 0 heterocycles. The summed E-state index contributed by atoms with van der Waals surface area (Å²) in [6, 6.07) is 9.85. The van der Waals surface area contributed by atoms with Crippen molar-refractivity contribution in [3.8, 4) is 11.5 Å². The predicted octanol–water partition coefficient (Wildman–Crippen LogP) is 4.18. The van der Waals surface area contributed by atoms with E-state index in [2.05, 4.69) is 52.9 Å². The Morgan fingerprint density at radius 2 is 1.23 bits per heavy atom. The van der Waals surface area contributed by atoms with Crippen LogP contribution >= 0.6 is 55.1 Å². The molecule has 2 aromatic carbocycles. The van der Waals surface area contributed by atoms with E-state index in [4.69, 9.17) is 32.7 Å². The molecule has 30 heavy (non-hydrogen) atoms. The Kier molecular flexibility index (Phi) is 10.1. The smallest absolute Gasteiger partial charge is 0.277 e. The van der Waals surface area contributed by atoms with E-state index in [1.54, 1.807) is 36.4 Å². The minimum absolute atomic E-state index is 0.247. The number of amides is 2.